The lowest BCUT2D eigenvalue weighted by Crippen LogP contribution is -2.14. The third-order valence-corrected chi connectivity index (χ3v) is 5.76. The van der Waals surface area contributed by atoms with Crippen molar-refractivity contribution in [3.8, 4) is 28.4 Å². The highest BCUT2D eigenvalue weighted by molar-refractivity contribution is 6.05. The van der Waals surface area contributed by atoms with Crippen molar-refractivity contribution >= 4 is 27.9 Å². The van der Waals surface area contributed by atoms with Gasteiger partial charge >= 0.3 is 0 Å². The minimum Gasteiger partial charge on any atom is -0.493 e. The fraction of sp³-hybridized carbons (Fsp3) is 0.290. The Morgan fingerprint density at radius 2 is 1.39 bits per heavy atom. The Hall–Kier alpha value is -4.86. The van der Waals surface area contributed by atoms with Crippen LogP contribution in [0.5, 0.6) is 17.2 Å². The number of para-hydroxylation sites is 2. The van der Waals surface area contributed by atoms with Crippen LogP contribution < -0.4 is 19.9 Å². The van der Waals surface area contributed by atoms with Crippen LogP contribution in [0.2, 0.25) is 0 Å². The minimum atomic E-state index is -0.429. The summed E-state index contributed by atoms with van der Waals surface area (Å²) in [5.74, 6) is 2.57. The molecular weight excluding hydrogens is 524 g/mol. The van der Waals surface area contributed by atoms with Crippen LogP contribution in [-0.2, 0) is 4.84 Å². The molecule has 2 N–H and O–H groups in total. The Labute approximate surface area is 239 Å². The summed E-state index contributed by atoms with van der Waals surface area (Å²) in [6, 6.07) is 19.4. The second-order valence-corrected chi connectivity index (χ2v) is 9.95. The van der Waals surface area contributed by atoms with E-state index < -0.39 is 5.60 Å². The van der Waals surface area contributed by atoms with E-state index in [0.717, 1.165) is 44.6 Å². The summed E-state index contributed by atoms with van der Waals surface area (Å²) < 4.78 is 21.7. The summed E-state index contributed by atoms with van der Waals surface area (Å²) >= 11 is 0. The van der Waals surface area contributed by atoms with Crippen molar-refractivity contribution in [1.82, 2.24) is 9.97 Å². The zero-order valence-corrected chi connectivity index (χ0v) is 24.6. The normalized spacial score (nSPS) is 10.6. The van der Waals surface area contributed by atoms with Gasteiger partial charge in [0, 0.05) is 33.3 Å². The topological polar surface area (TPSA) is 131 Å². The number of ether oxygens (including phenoxy) is 3. The number of aromatic nitrogens is 2. The average molecular weight is 561 g/mol. The molecule has 0 amide bonds. The van der Waals surface area contributed by atoms with E-state index in [0.29, 0.717) is 23.0 Å². The molecule has 0 atom stereocenters. The number of nitrogens with zero attached hydrogens (tertiary/aromatic N) is 3. The highest BCUT2D eigenvalue weighted by atomic mass is 16.7. The fourth-order valence-corrected chi connectivity index (χ4v) is 3.92. The number of hydrogen-bond acceptors (Lipinski definition) is 10. The number of aryl methyl sites for hydroxylation is 2. The fourth-order valence-electron chi connectivity index (χ4n) is 3.92. The number of pyridine rings is 2. The minimum absolute atomic E-state index is 0.429. The summed E-state index contributed by atoms with van der Waals surface area (Å²) in [6.45, 7) is 9.13. The molecule has 216 valence electrons. The standard InChI is InChI=1S/C14H16N2O2.C13H11NO2.C4H9NO2/c1-9-7-8-11(14(15)16-9)10-5-4-6-12(17-2)13(10)18-3;1-8-6-7-10-9-4-3-5-11(15-2)12(9)16-13(10)14-8;1-4(2,3)7-5-6/h4-8H,1-3H3,(H2,15,16);3-7H,1-2H3;1-3H3. The summed E-state index contributed by atoms with van der Waals surface area (Å²) in [5, 5.41) is 4.33. The van der Waals surface area contributed by atoms with Crippen molar-refractivity contribution in [3.63, 3.8) is 0 Å². The van der Waals surface area contributed by atoms with E-state index in [1.165, 1.54) is 0 Å². The van der Waals surface area contributed by atoms with Crippen molar-refractivity contribution in [2.75, 3.05) is 27.1 Å². The molecule has 10 heteroatoms. The van der Waals surface area contributed by atoms with Gasteiger partial charge in [-0.1, -0.05) is 24.3 Å². The van der Waals surface area contributed by atoms with Crippen molar-refractivity contribution in [2.24, 2.45) is 5.34 Å². The molecule has 0 aliphatic heterocycles. The first-order chi connectivity index (χ1) is 19.5. The van der Waals surface area contributed by atoms with Crippen molar-refractivity contribution in [2.45, 2.75) is 40.2 Å². The van der Waals surface area contributed by atoms with Gasteiger partial charge in [-0.2, -0.15) is 0 Å². The van der Waals surface area contributed by atoms with Crippen molar-refractivity contribution in [1.29, 1.82) is 0 Å². The van der Waals surface area contributed by atoms with E-state index in [1.54, 1.807) is 42.1 Å². The molecule has 0 aliphatic rings. The van der Waals surface area contributed by atoms with Crippen molar-refractivity contribution in [3.05, 3.63) is 77.0 Å². The molecule has 0 saturated carbocycles. The summed E-state index contributed by atoms with van der Waals surface area (Å²) in [6.07, 6.45) is 0. The predicted molar refractivity (Wildman–Crippen MR) is 161 cm³/mol. The summed E-state index contributed by atoms with van der Waals surface area (Å²) in [7, 11) is 4.86. The SMILES string of the molecule is CC(C)(C)ON=O.COc1cccc(-c2ccc(C)nc2N)c1OC.COc1cccc2c1oc1nc(C)ccc12. The van der Waals surface area contributed by atoms with Crippen LogP contribution >= 0.6 is 0 Å². The number of nitrogens with two attached hydrogens (primary N) is 1. The van der Waals surface area contributed by atoms with E-state index in [4.69, 9.17) is 24.4 Å². The molecular formula is C31H36N4O6. The quantitative estimate of drug-likeness (QED) is 0.172. The van der Waals surface area contributed by atoms with Gasteiger partial charge in [-0.3, -0.25) is 0 Å². The van der Waals surface area contributed by atoms with E-state index >= 15 is 0 Å². The van der Waals surface area contributed by atoms with Crippen LogP contribution in [0.25, 0.3) is 33.2 Å². The smallest absolute Gasteiger partial charge is 0.227 e. The Kier molecular flexibility index (Phi) is 10.1. The molecule has 0 bridgehead atoms. The van der Waals surface area contributed by atoms with Gasteiger partial charge in [0.2, 0.25) is 5.71 Å². The maximum Gasteiger partial charge on any atom is 0.227 e. The van der Waals surface area contributed by atoms with Crippen molar-refractivity contribution < 1.29 is 23.5 Å². The molecule has 10 nitrogen and oxygen atoms in total. The van der Waals surface area contributed by atoms with Gasteiger partial charge in [0.1, 0.15) is 11.4 Å². The van der Waals surface area contributed by atoms with E-state index in [-0.39, 0.29) is 0 Å². The molecule has 0 radical (unpaired) electrons. The molecule has 2 aromatic carbocycles. The molecule has 0 unspecified atom stereocenters. The van der Waals surface area contributed by atoms with Gasteiger partial charge in [-0.15, -0.1) is 4.91 Å². The Morgan fingerprint density at radius 3 is 1.98 bits per heavy atom. The molecule has 3 heterocycles. The van der Waals surface area contributed by atoms with Gasteiger partial charge in [0.15, 0.2) is 28.2 Å². The molecule has 0 spiro atoms. The number of benzene rings is 2. The highest BCUT2D eigenvalue weighted by Crippen LogP contribution is 2.39. The maximum absolute atomic E-state index is 9.35. The van der Waals surface area contributed by atoms with Gasteiger partial charge in [-0.25, -0.2) is 9.97 Å². The molecule has 3 aromatic heterocycles. The van der Waals surface area contributed by atoms with Gasteiger partial charge in [0.25, 0.3) is 0 Å². The van der Waals surface area contributed by atoms with Crippen LogP contribution in [0.1, 0.15) is 32.2 Å². The average Bonchev–Trinajstić information content (AvgIpc) is 3.30. The Balaban J connectivity index is 0.000000185. The predicted octanol–water partition coefficient (Wildman–Crippen LogP) is 7.44. The van der Waals surface area contributed by atoms with E-state index in [1.807, 2.05) is 74.5 Å². The lowest BCUT2D eigenvalue weighted by molar-refractivity contribution is -0.00229. The Bertz CT molecular complexity index is 1630. The molecule has 41 heavy (non-hydrogen) atoms. The number of fused-ring (bicyclic) bond motifs is 3. The number of anilines is 1. The molecule has 0 aliphatic carbocycles. The van der Waals surface area contributed by atoms with E-state index in [9.17, 15) is 4.91 Å². The van der Waals surface area contributed by atoms with E-state index in [2.05, 4.69) is 20.1 Å². The number of furan rings is 1. The number of nitrogen functional groups attached to an aromatic ring is 1. The largest absolute Gasteiger partial charge is 0.493 e. The third-order valence-electron chi connectivity index (χ3n) is 5.76. The van der Waals surface area contributed by atoms with Gasteiger partial charge < -0.3 is 29.2 Å². The number of methoxy groups -OCH3 is 3. The second-order valence-electron chi connectivity index (χ2n) is 9.95. The first-order valence-electron chi connectivity index (χ1n) is 12.8. The van der Waals surface area contributed by atoms with Crippen LogP contribution in [-0.4, -0.2) is 36.9 Å². The molecule has 5 rings (SSSR count). The van der Waals surface area contributed by atoms with Crippen LogP contribution in [0.4, 0.5) is 5.82 Å². The Morgan fingerprint density at radius 1 is 0.756 bits per heavy atom. The van der Waals surface area contributed by atoms with Crippen LogP contribution in [0.3, 0.4) is 0 Å². The summed E-state index contributed by atoms with van der Waals surface area (Å²) in [5.41, 5.74) is 10.5. The first-order valence-corrected chi connectivity index (χ1v) is 12.8. The number of hydrogen-bond donors (Lipinski definition) is 1. The molecule has 0 fully saturated rings. The van der Waals surface area contributed by atoms with Crippen LogP contribution in [0.15, 0.2) is 70.4 Å². The number of rotatable bonds is 5. The first kappa shape index (κ1) is 30.7. The van der Waals surface area contributed by atoms with Gasteiger partial charge in [-0.05, 0) is 71.0 Å². The monoisotopic (exact) mass is 560 g/mol. The zero-order chi connectivity index (χ0) is 30.2. The highest BCUT2D eigenvalue weighted by Gasteiger charge is 2.14. The van der Waals surface area contributed by atoms with Crippen LogP contribution in [0, 0.1) is 18.8 Å². The second kappa shape index (κ2) is 13.5. The molecule has 0 saturated heterocycles. The summed E-state index contributed by atoms with van der Waals surface area (Å²) in [4.78, 5) is 22.3. The maximum atomic E-state index is 9.35. The molecule has 5 aromatic rings. The third kappa shape index (κ3) is 7.63. The van der Waals surface area contributed by atoms with Gasteiger partial charge in [0.05, 0.1) is 21.3 Å². The lowest BCUT2D eigenvalue weighted by Gasteiger charge is -2.13. The lowest BCUT2D eigenvalue weighted by atomic mass is 10.0. The zero-order valence-electron chi connectivity index (χ0n) is 24.6.